The zero-order chi connectivity index (χ0) is 23.8. The molecular formula is C23H27FN4O4S. The van der Waals surface area contributed by atoms with E-state index in [4.69, 9.17) is 0 Å². The van der Waals surface area contributed by atoms with E-state index in [-0.39, 0.29) is 41.7 Å². The molecule has 176 valence electrons. The van der Waals surface area contributed by atoms with Gasteiger partial charge in [0.15, 0.2) is 0 Å². The van der Waals surface area contributed by atoms with Crippen molar-refractivity contribution in [3.05, 3.63) is 53.8 Å². The average molecular weight is 475 g/mol. The van der Waals surface area contributed by atoms with E-state index in [1.807, 2.05) is 4.90 Å². The quantitative estimate of drug-likeness (QED) is 0.693. The van der Waals surface area contributed by atoms with Crippen molar-refractivity contribution in [1.29, 1.82) is 0 Å². The first-order valence-corrected chi connectivity index (χ1v) is 12.3. The summed E-state index contributed by atoms with van der Waals surface area (Å²) in [6.45, 7) is 0.662. The first kappa shape index (κ1) is 23.2. The molecule has 0 unspecified atom stereocenters. The maximum atomic E-state index is 13.4. The van der Waals surface area contributed by atoms with Crippen molar-refractivity contribution in [2.75, 3.05) is 37.0 Å². The maximum Gasteiger partial charge on any atom is 0.250 e. The molecule has 0 bridgehead atoms. The second kappa shape index (κ2) is 9.11. The molecule has 2 heterocycles. The highest BCUT2D eigenvalue weighted by Gasteiger charge is 2.40. The van der Waals surface area contributed by atoms with Gasteiger partial charge in [0.1, 0.15) is 18.4 Å². The van der Waals surface area contributed by atoms with Crippen LogP contribution in [0.1, 0.15) is 24.8 Å². The fourth-order valence-corrected chi connectivity index (χ4v) is 5.20. The van der Waals surface area contributed by atoms with Gasteiger partial charge in [0.25, 0.3) is 0 Å². The molecule has 33 heavy (non-hydrogen) atoms. The molecule has 2 aromatic rings. The van der Waals surface area contributed by atoms with E-state index < -0.39 is 10.0 Å². The zero-order valence-corrected chi connectivity index (χ0v) is 19.4. The number of piperidine rings is 1. The summed E-state index contributed by atoms with van der Waals surface area (Å²) >= 11 is 0. The minimum Gasteiger partial charge on any atom is -0.358 e. The molecule has 2 aromatic carbocycles. The molecule has 1 N–H and O–H groups in total. The predicted octanol–water partition coefficient (Wildman–Crippen LogP) is 2.10. The summed E-state index contributed by atoms with van der Waals surface area (Å²) in [6, 6.07) is 10.2. The van der Waals surface area contributed by atoms with E-state index >= 15 is 0 Å². The molecule has 0 saturated carbocycles. The minimum absolute atomic E-state index is 0.0613. The normalized spacial score (nSPS) is 18.2. The Hall–Kier alpha value is -2.98. The van der Waals surface area contributed by atoms with E-state index in [1.165, 1.54) is 37.2 Å². The topological polar surface area (TPSA) is 90.0 Å². The zero-order valence-electron chi connectivity index (χ0n) is 18.6. The van der Waals surface area contributed by atoms with E-state index in [0.29, 0.717) is 18.7 Å². The molecular weight excluding hydrogens is 447 g/mol. The fraction of sp³-hybridized carbons (Fsp3) is 0.391. The van der Waals surface area contributed by atoms with E-state index in [1.54, 1.807) is 24.3 Å². The summed E-state index contributed by atoms with van der Waals surface area (Å²) in [5, 5.41) is 2.76. The van der Waals surface area contributed by atoms with Gasteiger partial charge in [0, 0.05) is 27.2 Å². The van der Waals surface area contributed by atoms with Crippen LogP contribution in [0.2, 0.25) is 0 Å². The standard InChI is InChI=1S/C23H27FN4O4S/c1-26(2)33(31,32)18-10-11-19-21(13-18)28(23(30)20-5-3-4-12-27(19)20)15-22(29)25-14-16-6-8-17(24)9-7-16/h6-11,13,20H,3-5,12,14-15H2,1-2H3,(H,25,29)/t20-/m0/s1. The van der Waals surface area contributed by atoms with Gasteiger partial charge in [-0.2, -0.15) is 0 Å². The van der Waals surface area contributed by atoms with Crippen LogP contribution in [0, 0.1) is 5.82 Å². The Morgan fingerprint density at radius 1 is 1.12 bits per heavy atom. The van der Waals surface area contributed by atoms with Crippen molar-refractivity contribution >= 4 is 33.2 Å². The van der Waals surface area contributed by atoms with Gasteiger partial charge in [-0.05, 0) is 55.2 Å². The number of fused-ring (bicyclic) bond motifs is 3. The maximum absolute atomic E-state index is 13.4. The van der Waals surface area contributed by atoms with Crippen LogP contribution in [-0.4, -0.2) is 57.8 Å². The molecule has 10 heteroatoms. The Kier molecular flexibility index (Phi) is 6.40. The third-order valence-corrected chi connectivity index (χ3v) is 7.90. The third-order valence-electron chi connectivity index (χ3n) is 6.08. The second-order valence-corrected chi connectivity index (χ2v) is 10.6. The number of hydrogen-bond donors (Lipinski definition) is 1. The summed E-state index contributed by atoms with van der Waals surface area (Å²) < 4.78 is 39.6. The monoisotopic (exact) mass is 474 g/mol. The SMILES string of the molecule is CN(C)S(=O)(=O)c1ccc2c(c1)N(CC(=O)NCc1ccc(F)cc1)C(=O)[C@@H]1CCCCN21. The van der Waals surface area contributed by atoms with Crippen LogP contribution >= 0.6 is 0 Å². The van der Waals surface area contributed by atoms with Crippen molar-refractivity contribution in [3.63, 3.8) is 0 Å². The number of amides is 2. The van der Waals surface area contributed by atoms with E-state index in [0.717, 1.165) is 28.4 Å². The van der Waals surface area contributed by atoms with Gasteiger partial charge in [0.05, 0.1) is 16.3 Å². The highest BCUT2D eigenvalue weighted by atomic mass is 32.2. The molecule has 2 aliphatic rings. The fourth-order valence-electron chi connectivity index (χ4n) is 4.27. The molecule has 8 nitrogen and oxygen atoms in total. The summed E-state index contributed by atoms with van der Waals surface area (Å²) in [7, 11) is -0.822. The highest BCUT2D eigenvalue weighted by Crippen LogP contribution is 2.40. The molecule has 0 spiro atoms. The molecule has 2 amide bonds. The number of sulfonamides is 1. The van der Waals surface area contributed by atoms with Gasteiger partial charge >= 0.3 is 0 Å². The number of anilines is 2. The molecule has 0 aromatic heterocycles. The van der Waals surface area contributed by atoms with Gasteiger partial charge in [0.2, 0.25) is 21.8 Å². The van der Waals surface area contributed by atoms with Crippen LogP contribution in [0.5, 0.6) is 0 Å². The minimum atomic E-state index is -3.71. The van der Waals surface area contributed by atoms with Crippen LogP contribution in [0.4, 0.5) is 15.8 Å². The Morgan fingerprint density at radius 3 is 2.55 bits per heavy atom. The third kappa shape index (κ3) is 4.58. The predicted molar refractivity (Wildman–Crippen MR) is 123 cm³/mol. The lowest BCUT2D eigenvalue weighted by atomic mass is 9.96. The Morgan fingerprint density at radius 2 is 1.85 bits per heavy atom. The van der Waals surface area contributed by atoms with Crippen molar-refractivity contribution < 1.29 is 22.4 Å². The number of halogens is 1. The number of benzene rings is 2. The number of nitrogens with zero attached hydrogens (tertiary/aromatic N) is 3. The Bertz CT molecular complexity index is 1170. The van der Waals surface area contributed by atoms with Crippen molar-refractivity contribution in [2.24, 2.45) is 0 Å². The van der Waals surface area contributed by atoms with Gasteiger partial charge in [-0.3, -0.25) is 14.5 Å². The van der Waals surface area contributed by atoms with Gasteiger partial charge in [-0.25, -0.2) is 17.1 Å². The lowest BCUT2D eigenvalue weighted by Gasteiger charge is -2.45. The lowest BCUT2D eigenvalue weighted by Crippen LogP contribution is -2.57. The van der Waals surface area contributed by atoms with Crippen molar-refractivity contribution in [3.8, 4) is 0 Å². The van der Waals surface area contributed by atoms with Gasteiger partial charge in [-0.15, -0.1) is 0 Å². The number of carbonyl (C=O) groups excluding carboxylic acids is 2. The summed E-state index contributed by atoms with van der Waals surface area (Å²) in [5.74, 6) is -0.955. The molecule has 1 atom stereocenters. The average Bonchev–Trinajstić information content (AvgIpc) is 2.81. The number of carbonyl (C=O) groups is 2. The number of nitrogens with one attached hydrogen (secondary N) is 1. The van der Waals surface area contributed by atoms with Crippen molar-refractivity contribution in [2.45, 2.75) is 36.7 Å². The smallest absolute Gasteiger partial charge is 0.250 e. The number of rotatable bonds is 6. The molecule has 0 radical (unpaired) electrons. The van der Waals surface area contributed by atoms with E-state index in [2.05, 4.69) is 5.32 Å². The van der Waals surface area contributed by atoms with Crippen LogP contribution in [-0.2, 0) is 26.2 Å². The summed E-state index contributed by atoms with van der Waals surface area (Å²) in [6.07, 6.45) is 2.54. The lowest BCUT2D eigenvalue weighted by molar-refractivity contribution is -0.125. The van der Waals surface area contributed by atoms with Crippen LogP contribution in [0.25, 0.3) is 0 Å². The van der Waals surface area contributed by atoms with Crippen LogP contribution in [0.3, 0.4) is 0 Å². The first-order valence-electron chi connectivity index (χ1n) is 10.8. The molecule has 4 rings (SSSR count). The highest BCUT2D eigenvalue weighted by molar-refractivity contribution is 7.89. The Balaban J connectivity index is 1.63. The van der Waals surface area contributed by atoms with Gasteiger partial charge in [-0.1, -0.05) is 12.1 Å². The Labute approximate surface area is 193 Å². The first-order chi connectivity index (χ1) is 15.7. The van der Waals surface area contributed by atoms with Crippen LogP contribution < -0.4 is 15.1 Å². The van der Waals surface area contributed by atoms with Gasteiger partial charge < -0.3 is 10.2 Å². The largest absolute Gasteiger partial charge is 0.358 e. The summed E-state index contributed by atoms with van der Waals surface area (Å²) in [4.78, 5) is 29.6. The van der Waals surface area contributed by atoms with E-state index in [9.17, 15) is 22.4 Å². The van der Waals surface area contributed by atoms with Crippen molar-refractivity contribution in [1.82, 2.24) is 9.62 Å². The summed E-state index contributed by atoms with van der Waals surface area (Å²) in [5.41, 5.74) is 1.90. The molecule has 0 aliphatic carbocycles. The second-order valence-electron chi connectivity index (χ2n) is 8.47. The molecule has 1 saturated heterocycles. The molecule has 2 aliphatic heterocycles. The van der Waals surface area contributed by atoms with Crippen LogP contribution in [0.15, 0.2) is 47.4 Å². The number of hydrogen-bond acceptors (Lipinski definition) is 5. The molecule has 1 fully saturated rings.